The number of ether oxygens (including phenoxy) is 1. The Morgan fingerprint density at radius 3 is 2.71 bits per heavy atom. The third kappa shape index (κ3) is 3.82. The number of carbonyl (C=O) groups excluding carboxylic acids is 2. The van der Waals surface area contributed by atoms with Crippen LogP contribution in [-0.2, 0) is 9.53 Å². The third-order valence-corrected chi connectivity index (χ3v) is 3.09. The van der Waals surface area contributed by atoms with Gasteiger partial charge in [-0.3, -0.25) is 9.89 Å². The fourth-order valence-corrected chi connectivity index (χ4v) is 1.84. The van der Waals surface area contributed by atoms with Crippen molar-refractivity contribution in [1.29, 1.82) is 0 Å². The molecule has 110 valence electrons. The third-order valence-electron chi connectivity index (χ3n) is 2.83. The second-order valence-corrected chi connectivity index (χ2v) is 4.66. The zero-order valence-electron chi connectivity index (χ0n) is 11.4. The number of carbonyl (C=O) groups is 2. The van der Waals surface area contributed by atoms with E-state index in [0.29, 0.717) is 16.3 Å². The molecule has 0 bridgehead atoms. The van der Waals surface area contributed by atoms with Crippen molar-refractivity contribution in [1.82, 2.24) is 15.5 Å². The maximum absolute atomic E-state index is 12.0. The van der Waals surface area contributed by atoms with Crippen LogP contribution in [0, 0.1) is 0 Å². The first kappa shape index (κ1) is 15.1. The van der Waals surface area contributed by atoms with Crippen molar-refractivity contribution < 1.29 is 14.3 Å². The lowest BCUT2D eigenvalue weighted by Gasteiger charge is -2.05. The molecule has 6 nitrogen and oxygen atoms in total. The highest BCUT2D eigenvalue weighted by atomic mass is 35.5. The molecule has 21 heavy (non-hydrogen) atoms. The van der Waals surface area contributed by atoms with Gasteiger partial charge in [0.05, 0.1) is 18.3 Å². The monoisotopic (exact) mass is 307 g/mol. The Bertz CT molecular complexity index is 637. The van der Waals surface area contributed by atoms with Crippen LogP contribution < -0.4 is 5.32 Å². The lowest BCUT2D eigenvalue weighted by molar-refractivity contribution is -0.121. The Kier molecular flexibility index (Phi) is 4.94. The molecule has 0 unspecified atom stereocenters. The summed E-state index contributed by atoms with van der Waals surface area (Å²) in [5, 5.41) is 9.68. The standard InChI is InChI=1S/C14H14ClN3O3/c1-16-12(19)6-7-21-14(20)11-8-17-18-13(11)9-2-4-10(15)5-3-9/h2-5,8H,6-7H2,1H3,(H,16,19)(H,17,18). The van der Waals surface area contributed by atoms with Crippen molar-refractivity contribution in [3.63, 3.8) is 0 Å². The van der Waals surface area contributed by atoms with Crippen LogP contribution in [-0.4, -0.2) is 35.7 Å². The zero-order chi connectivity index (χ0) is 15.2. The molecule has 0 aliphatic rings. The molecule has 0 saturated carbocycles. The summed E-state index contributed by atoms with van der Waals surface area (Å²) in [6.07, 6.45) is 1.52. The van der Waals surface area contributed by atoms with Gasteiger partial charge in [-0.15, -0.1) is 0 Å². The van der Waals surface area contributed by atoms with Gasteiger partial charge < -0.3 is 10.1 Å². The Morgan fingerprint density at radius 2 is 2.05 bits per heavy atom. The second kappa shape index (κ2) is 6.90. The van der Waals surface area contributed by atoms with Gasteiger partial charge in [-0.1, -0.05) is 23.7 Å². The molecule has 0 radical (unpaired) electrons. The Morgan fingerprint density at radius 1 is 1.33 bits per heavy atom. The summed E-state index contributed by atoms with van der Waals surface area (Å²) in [4.78, 5) is 23.1. The number of hydrogen-bond acceptors (Lipinski definition) is 4. The van der Waals surface area contributed by atoms with E-state index in [-0.39, 0.29) is 18.9 Å². The van der Waals surface area contributed by atoms with Gasteiger partial charge in [0.15, 0.2) is 0 Å². The molecule has 0 atom stereocenters. The Hall–Kier alpha value is -2.34. The van der Waals surface area contributed by atoms with E-state index in [2.05, 4.69) is 15.5 Å². The number of esters is 1. The SMILES string of the molecule is CNC(=O)CCOC(=O)c1cn[nH]c1-c1ccc(Cl)cc1. The van der Waals surface area contributed by atoms with E-state index in [4.69, 9.17) is 16.3 Å². The van der Waals surface area contributed by atoms with Gasteiger partial charge in [-0.2, -0.15) is 5.10 Å². The normalized spacial score (nSPS) is 10.2. The fraction of sp³-hybridized carbons (Fsp3) is 0.214. The molecular weight excluding hydrogens is 294 g/mol. The number of halogens is 1. The number of hydrogen-bond donors (Lipinski definition) is 2. The molecule has 0 aliphatic carbocycles. The van der Waals surface area contributed by atoms with Gasteiger partial charge >= 0.3 is 5.97 Å². The van der Waals surface area contributed by atoms with E-state index in [9.17, 15) is 9.59 Å². The van der Waals surface area contributed by atoms with Crippen LogP contribution in [0.4, 0.5) is 0 Å². The van der Waals surface area contributed by atoms with Crippen LogP contribution in [0.15, 0.2) is 30.5 Å². The Balaban J connectivity index is 2.07. The van der Waals surface area contributed by atoms with Crippen LogP contribution >= 0.6 is 11.6 Å². The van der Waals surface area contributed by atoms with Gasteiger partial charge in [0.25, 0.3) is 0 Å². The highest BCUT2D eigenvalue weighted by Gasteiger charge is 2.16. The predicted octanol–water partition coefficient (Wildman–Crippen LogP) is 2.02. The average Bonchev–Trinajstić information content (AvgIpc) is 2.97. The second-order valence-electron chi connectivity index (χ2n) is 4.22. The van der Waals surface area contributed by atoms with E-state index in [1.807, 2.05) is 0 Å². The summed E-state index contributed by atoms with van der Waals surface area (Å²) in [6.45, 7) is 0.0176. The topological polar surface area (TPSA) is 84.1 Å². The molecule has 0 aliphatic heterocycles. The summed E-state index contributed by atoms with van der Waals surface area (Å²) < 4.78 is 5.06. The van der Waals surface area contributed by atoms with E-state index < -0.39 is 5.97 Å². The van der Waals surface area contributed by atoms with E-state index >= 15 is 0 Å². The zero-order valence-corrected chi connectivity index (χ0v) is 12.1. The first-order chi connectivity index (χ1) is 10.1. The highest BCUT2D eigenvalue weighted by Crippen LogP contribution is 2.23. The van der Waals surface area contributed by atoms with E-state index in [1.165, 1.54) is 13.2 Å². The smallest absolute Gasteiger partial charge is 0.342 e. The van der Waals surface area contributed by atoms with Crippen molar-refractivity contribution in [2.24, 2.45) is 0 Å². The molecule has 0 saturated heterocycles. The van der Waals surface area contributed by atoms with Gasteiger partial charge in [-0.05, 0) is 12.1 Å². The average molecular weight is 308 g/mol. The van der Waals surface area contributed by atoms with Crippen molar-refractivity contribution in [3.8, 4) is 11.3 Å². The van der Waals surface area contributed by atoms with Gasteiger partial charge in [0, 0.05) is 17.6 Å². The number of benzene rings is 1. The van der Waals surface area contributed by atoms with Crippen LogP contribution in [0.1, 0.15) is 16.8 Å². The molecule has 0 spiro atoms. The van der Waals surface area contributed by atoms with Gasteiger partial charge in [0.1, 0.15) is 12.2 Å². The van der Waals surface area contributed by atoms with E-state index in [0.717, 1.165) is 5.56 Å². The molecule has 7 heteroatoms. The summed E-state index contributed by atoms with van der Waals surface area (Å²) in [6, 6.07) is 6.99. The van der Waals surface area contributed by atoms with Gasteiger partial charge in [0.2, 0.25) is 5.91 Å². The maximum Gasteiger partial charge on any atom is 0.342 e. The molecule has 1 aromatic carbocycles. The lowest BCUT2D eigenvalue weighted by atomic mass is 10.1. The largest absolute Gasteiger partial charge is 0.461 e. The first-order valence-electron chi connectivity index (χ1n) is 6.29. The van der Waals surface area contributed by atoms with Gasteiger partial charge in [-0.25, -0.2) is 4.79 Å². The quantitative estimate of drug-likeness (QED) is 0.828. The van der Waals surface area contributed by atoms with Crippen molar-refractivity contribution in [3.05, 3.63) is 41.0 Å². The summed E-state index contributed by atoms with van der Waals surface area (Å²) in [7, 11) is 1.53. The Labute approximate surface area is 126 Å². The highest BCUT2D eigenvalue weighted by molar-refractivity contribution is 6.30. The minimum atomic E-state index is -0.530. The minimum absolute atomic E-state index is 0.0176. The van der Waals surface area contributed by atoms with Crippen LogP contribution in [0.3, 0.4) is 0 Å². The number of amides is 1. The molecule has 0 fully saturated rings. The first-order valence-corrected chi connectivity index (χ1v) is 6.66. The fourth-order valence-electron chi connectivity index (χ4n) is 1.72. The number of nitrogens with zero attached hydrogens (tertiary/aromatic N) is 1. The lowest BCUT2D eigenvalue weighted by Crippen LogP contribution is -2.20. The molecule has 1 heterocycles. The minimum Gasteiger partial charge on any atom is -0.461 e. The molecule has 2 aromatic rings. The summed E-state index contributed by atoms with van der Waals surface area (Å²) in [5.74, 6) is -0.717. The molecular formula is C14H14ClN3O3. The number of rotatable bonds is 5. The summed E-state index contributed by atoms with van der Waals surface area (Å²) in [5.41, 5.74) is 1.64. The number of aromatic nitrogens is 2. The van der Waals surface area contributed by atoms with Crippen LogP contribution in [0.2, 0.25) is 5.02 Å². The number of nitrogens with one attached hydrogen (secondary N) is 2. The maximum atomic E-state index is 12.0. The van der Waals surface area contributed by atoms with E-state index in [1.54, 1.807) is 24.3 Å². The predicted molar refractivity (Wildman–Crippen MR) is 78.0 cm³/mol. The summed E-state index contributed by atoms with van der Waals surface area (Å²) >= 11 is 5.83. The van der Waals surface area contributed by atoms with Crippen LogP contribution in [0.25, 0.3) is 11.3 Å². The van der Waals surface area contributed by atoms with Crippen molar-refractivity contribution in [2.45, 2.75) is 6.42 Å². The van der Waals surface area contributed by atoms with Crippen molar-refractivity contribution >= 4 is 23.5 Å². The number of aromatic amines is 1. The molecule has 2 N–H and O–H groups in total. The number of H-pyrrole nitrogens is 1. The molecule has 1 amide bonds. The molecule has 2 rings (SSSR count). The molecule has 1 aromatic heterocycles. The van der Waals surface area contributed by atoms with Crippen LogP contribution in [0.5, 0.6) is 0 Å². The van der Waals surface area contributed by atoms with Crippen molar-refractivity contribution in [2.75, 3.05) is 13.7 Å².